The van der Waals surface area contributed by atoms with Gasteiger partial charge in [0.25, 0.3) is 5.89 Å². The summed E-state index contributed by atoms with van der Waals surface area (Å²) in [6.07, 6.45) is 1.81. The molecule has 0 fully saturated rings. The lowest BCUT2D eigenvalue weighted by molar-refractivity contribution is -0.121. The number of hydrogen-bond donors (Lipinski definition) is 1. The third kappa shape index (κ3) is 4.35. The van der Waals surface area contributed by atoms with Crippen LogP contribution in [-0.4, -0.2) is 27.7 Å². The van der Waals surface area contributed by atoms with Crippen LogP contribution in [0.1, 0.15) is 5.56 Å². The number of nitrogens with one attached hydrogen (secondary N) is 1. The molecule has 0 bridgehead atoms. The summed E-state index contributed by atoms with van der Waals surface area (Å²) in [6.45, 7) is 0.597. The smallest absolute Gasteiger partial charge is 0.274 e. The fourth-order valence-corrected chi connectivity index (χ4v) is 2.93. The third-order valence-corrected chi connectivity index (χ3v) is 4.47. The Morgan fingerprint density at radius 1 is 1.07 bits per heavy atom. The van der Waals surface area contributed by atoms with Crippen molar-refractivity contribution in [1.82, 2.24) is 20.0 Å². The lowest BCUT2D eigenvalue weighted by Gasteiger charge is -2.08. The van der Waals surface area contributed by atoms with Gasteiger partial charge in [-0.05, 0) is 29.8 Å². The minimum Gasteiger partial charge on any atom is -0.497 e. The molecule has 0 spiro atoms. The van der Waals surface area contributed by atoms with E-state index in [0.717, 1.165) is 16.9 Å². The van der Waals surface area contributed by atoms with Crippen LogP contribution in [-0.2, 0) is 17.9 Å². The Kier molecular flexibility index (Phi) is 5.38. The van der Waals surface area contributed by atoms with Crippen molar-refractivity contribution >= 4 is 5.91 Å². The minimum absolute atomic E-state index is 0.110. The third-order valence-electron chi connectivity index (χ3n) is 4.47. The van der Waals surface area contributed by atoms with Crippen LogP contribution < -0.4 is 10.1 Å². The van der Waals surface area contributed by atoms with Crippen LogP contribution >= 0.6 is 0 Å². The van der Waals surface area contributed by atoms with E-state index < -0.39 is 0 Å². The van der Waals surface area contributed by atoms with E-state index in [1.165, 1.54) is 0 Å². The molecule has 0 aliphatic heterocycles. The molecule has 2 aromatic heterocycles. The zero-order valence-electron chi connectivity index (χ0n) is 15.9. The van der Waals surface area contributed by atoms with E-state index in [2.05, 4.69) is 15.5 Å². The van der Waals surface area contributed by atoms with Crippen LogP contribution in [0.4, 0.5) is 0 Å². The molecule has 4 aromatic rings. The lowest BCUT2D eigenvalue weighted by atomic mass is 10.2. The lowest BCUT2D eigenvalue weighted by Crippen LogP contribution is -2.27. The van der Waals surface area contributed by atoms with Crippen molar-refractivity contribution in [2.75, 3.05) is 7.11 Å². The molecule has 29 heavy (non-hydrogen) atoms. The summed E-state index contributed by atoms with van der Waals surface area (Å²) in [5.74, 6) is 1.56. The molecule has 2 aromatic carbocycles. The molecule has 0 aliphatic rings. The van der Waals surface area contributed by atoms with Crippen LogP contribution in [0.3, 0.4) is 0 Å². The SMILES string of the molecule is COc1ccc(CNC(=O)Cn2cccc2-c2nc(-c3ccccc3)no2)cc1. The molecule has 1 N–H and O–H groups in total. The highest BCUT2D eigenvalue weighted by Crippen LogP contribution is 2.22. The van der Waals surface area contributed by atoms with Gasteiger partial charge in [0, 0.05) is 18.3 Å². The Labute approximate surface area is 167 Å². The van der Waals surface area contributed by atoms with Gasteiger partial charge >= 0.3 is 0 Å². The van der Waals surface area contributed by atoms with E-state index >= 15 is 0 Å². The Hall–Kier alpha value is -3.87. The first-order chi connectivity index (χ1) is 14.2. The number of ether oxygens (including phenoxy) is 1. The van der Waals surface area contributed by atoms with Gasteiger partial charge in [-0.2, -0.15) is 4.98 Å². The molecule has 2 heterocycles. The molecule has 4 rings (SSSR count). The normalized spacial score (nSPS) is 10.7. The van der Waals surface area contributed by atoms with Crippen LogP contribution in [0, 0.1) is 0 Å². The predicted octanol–water partition coefficient (Wildman–Crippen LogP) is 3.53. The minimum atomic E-state index is -0.110. The standard InChI is InChI=1S/C22H20N4O3/c1-28-18-11-9-16(10-12-18)14-23-20(27)15-26-13-5-8-19(26)22-24-21(25-29-22)17-6-3-2-4-7-17/h2-13H,14-15H2,1H3,(H,23,27). The zero-order valence-corrected chi connectivity index (χ0v) is 15.9. The van der Waals surface area contributed by atoms with Crippen molar-refractivity contribution in [1.29, 1.82) is 0 Å². The highest BCUT2D eigenvalue weighted by atomic mass is 16.5. The van der Waals surface area contributed by atoms with Gasteiger partial charge in [-0.3, -0.25) is 4.79 Å². The van der Waals surface area contributed by atoms with Crippen molar-refractivity contribution in [3.05, 3.63) is 78.5 Å². The second-order valence-corrected chi connectivity index (χ2v) is 6.44. The molecule has 0 saturated heterocycles. The second-order valence-electron chi connectivity index (χ2n) is 6.44. The summed E-state index contributed by atoms with van der Waals surface area (Å²) in [5.41, 5.74) is 2.56. The first kappa shape index (κ1) is 18.5. The summed E-state index contributed by atoms with van der Waals surface area (Å²) in [7, 11) is 1.62. The van der Waals surface area contributed by atoms with Gasteiger partial charge in [-0.15, -0.1) is 0 Å². The van der Waals surface area contributed by atoms with E-state index in [1.54, 1.807) is 11.7 Å². The number of methoxy groups -OCH3 is 1. The Morgan fingerprint density at radius 2 is 1.86 bits per heavy atom. The first-order valence-electron chi connectivity index (χ1n) is 9.17. The summed E-state index contributed by atoms with van der Waals surface area (Å²) in [6, 6.07) is 20.9. The largest absolute Gasteiger partial charge is 0.497 e. The maximum absolute atomic E-state index is 12.4. The maximum Gasteiger partial charge on any atom is 0.274 e. The average Bonchev–Trinajstić information content (AvgIpc) is 3.43. The summed E-state index contributed by atoms with van der Waals surface area (Å²) in [5, 5.41) is 6.96. The van der Waals surface area contributed by atoms with E-state index in [0.29, 0.717) is 24.0 Å². The van der Waals surface area contributed by atoms with Crippen molar-refractivity contribution in [3.8, 4) is 28.7 Å². The fourth-order valence-electron chi connectivity index (χ4n) is 2.93. The fraction of sp³-hybridized carbons (Fsp3) is 0.136. The Bertz CT molecular complexity index is 1080. The summed E-state index contributed by atoms with van der Waals surface area (Å²) in [4.78, 5) is 16.9. The quantitative estimate of drug-likeness (QED) is 0.524. The molecule has 0 atom stereocenters. The molecule has 0 aliphatic carbocycles. The maximum atomic E-state index is 12.4. The van der Waals surface area contributed by atoms with Crippen LogP contribution in [0.5, 0.6) is 5.75 Å². The summed E-state index contributed by atoms with van der Waals surface area (Å²) >= 11 is 0. The molecule has 1 amide bonds. The van der Waals surface area contributed by atoms with E-state index in [4.69, 9.17) is 9.26 Å². The molecular formula is C22H20N4O3. The molecular weight excluding hydrogens is 368 g/mol. The van der Waals surface area contributed by atoms with E-state index in [-0.39, 0.29) is 12.5 Å². The number of carbonyl (C=O) groups excluding carboxylic acids is 1. The van der Waals surface area contributed by atoms with Gasteiger partial charge in [0.1, 0.15) is 18.0 Å². The first-order valence-corrected chi connectivity index (χ1v) is 9.17. The van der Waals surface area contributed by atoms with Crippen molar-refractivity contribution in [2.24, 2.45) is 0 Å². The number of hydrogen-bond acceptors (Lipinski definition) is 5. The Morgan fingerprint density at radius 3 is 2.62 bits per heavy atom. The molecule has 0 radical (unpaired) electrons. The number of aromatic nitrogens is 3. The van der Waals surface area contributed by atoms with Crippen molar-refractivity contribution in [3.63, 3.8) is 0 Å². The monoisotopic (exact) mass is 388 g/mol. The predicted molar refractivity (Wildman–Crippen MR) is 108 cm³/mol. The van der Waals surface area contributed by atoms with Crippen molar-refractivity contribution in [2.45, 2.75) is 13.1 Å². The molecule has 7 nitrogen and oxygen atoms in total. The number of nitrogens with zero attached hydrogens (tertiary/aromatic N) is 3. The molecule has 0 unspecified atom stereocenters. The highest BCUT2D eigenvalue weighted by Gasteiger charge is 2.15. The van der Waals surface area contributed by atoms with Gasteiger partial charge in [0.15, 0.2) is 0 Å². The van der Waals surface area contributed by atoms with Gasteiger partial charge in [0.05, 0.1) is 7.11 Å². The molecule has 146 valence electrons. The van der Waals surface area contributed by atoms with Crippen molar-refractivity contribution < 1.29 is 14.1 Å². The molecule has 7 heteroatoms. The second kappa shape index (κ2) is 8.43. The van der Waals surface area contributed by atoms with Gasteiger partial charge < -0.3 is 19.1 Å². The van der Waals surface area contributed by atoms with E-state index in [1.807, 2.05) is 72.9 Å². The van der Waals surface area contributed by atoms with Crippen LogP contribution in [0.2, 0.25) is 0 Å². The Balaban J connectivity index is 1.41. The van der Waals surface area contributed by atoms with Crippen LogP contribution in [0.25, 0.3) is 23.0 Å². The van der Waals surface area contributed by atoms with E-state index in [9.17, 15) is 4.79 Å². The number of amides is 1. The number of carbonyl (C=O) groups is 1. The number of rotatable bonds is 7. The number of benzene rings is 2. The van der Waals surface area contributed by atoms with Gasteiger partial charge in [-0.25, -0.2) is 0 Å². The summed E-state index contributed by atoms with van der Waals surface area (Å²) < 4.78 is 12.3. The van der Waals surface area contributed by atoms with Gasteiger partial charge in [-0.1, -0.05) is 47.6 Å². The average molecular weight is 388 g/mol. The molecule has 0 saturated carbocycles. The topological polar surface area (TPSA) is 82.2 Å². The highest BCUT2D eigenvalue weighted by molar-refractivity contribution is 5.76. The van der Waals surface area contributed by atoms with Gasteiger partial charge in [0.2, 0.25) is 11.7 Å². The van der Waals surface area contributed by atoms with Crippen LogP contribution in [0.15, 0.2) is 77.4 Å². The zero-order chi connectivity index (χ0) is 20.1.